The Morgan fingerprint density at radius 1 is 1.00 bits per heavy atom. The number of thioether (sulfide) groups is 1. The van der Waals surface area contributed by atoms with Gasteiger partial charge < -0.3 is 9.47 Å². The van der Waals surface area contributed by atoms with E-state index in [0.717, 1.165) is 51.7 Å². The first-order valence-corrected chi connectivity index (χ1v) is 13.4. The molecule has 0 N–H and O–H groups in total. The van der Waals surface area contributed by atoms with E-state index in [2.05, 4.69) is 37.4 Å². The Hall–Kier alpha value is -1.10. The van der Waals surface area contributed by atoms with Gasteiger partial charge in [0.15, 0.2) is 5.79 Å². The van der Waals surface area contributed by atoms with E-state index in [-0.39, 0.29) is 11.2 Å². The molecule has 1 aromatic carbocycles. The lowest BCUT2D eigenvalue weighted by molar-refractivity contribution is -0.181. The molecule has 166 valence electrons. The number of fused-ring (bicyclic) bond motifs is 4. The molecule has 0 radical (unpaired) electrons. The molecule has 0 bridgehead atoms. The van der Waals surface area contributed by atoms with E-state index >= 15 is 0 Å². The van der Waals surface area contributed by atoms with Crippen LogP contribution < -0.4 is 0 Å². The quantitative estimate of drug-likeness (QED) is 0.411. The summed E-state index contributed by atoms with van der Waals surface area (Å²) in [5.74, 6) is 2.31. The maximum Gasteiger partial charge on any atom is 0.169 e. The molecule has 5 unspecified atom stereocenters. The van der Waals surface area contributed by atoms with E-state index in [9.17, 15) is 4.79 Å². The van der Waals surface area contributed by atoms with Gasteiger partial charge >= 0.3 is 0 Å². The Morgan fingerprint density at radius 2 is 1.77 bits per heavy atom. The molecule has 4 fully saturated rings. The molecule has 3 saturated carbocycles. The minimum atomic E-state index is -0.316. The normalized spacial score (nSPS) is 38.8. The smallest absolute Gasteiger partial charge is 0.169 e. The highest BCUT2D eigenvalue weighted by Crippen LogP contribution is 2.63. The van der Waals surface area contributed by atoms with E-state index in [1.54, 1.807) is 22.9 Å². The zero-order valence-corrected chi connectivity index (χ0v) is 19.6. The van der Waals surface area contributed by atoms with Crippen molar-refractivity contribution < 1.29 is 14.3 Å². The number of ether oxygens (including phenoxy) is 2. The van der Waals surface area contributed by atoms with Crippen LogP contribution in [-0.2, 0) is 14.3 Å². The summed E-state index contributed by atoms with van der Waals surface area (Å²) in [7, 11) is 0. The van der Waals surface area contributed by atoms with Crippen LogP contribution in [0.4, 0.5) is 0 Å². The van der Waals surface area contributed by atoms with E-state index in [0.29, 0.717) is 29.5 Å². The molecule has 1 aliphatic heterocycles. The van der Waals surface area contributed by atoms with Crippen molar-refractivity contribution in [2.24, 2.45) is 23.2 Å². The molecule has 1 heterocycles. The first-order valence-electron chi connectivity index (χ1n) is 12.2. The summed E-state index contributed by atoms with van der Waals surface area (Å²) in [6.07, 6.45) is 10.6. The highest BCUT2D eigenvalue weighted by Gasteiger charge is 2.57. The van der Waals surface area contributed by atoms with Crippen molar-refractivity contribution in [3.8, 4) is 0 Å². The molecule has 0 aromatic heterocycles. The van der Waals surface area contributed by atoms with Gasteiger partial charge in [0.25, 0.3) is 0 Å². The van der Waals surface area contributed by atoms with Crippen molar-refractivity contribution in [1.29, 1.82) is 0 Å². The first-order chi connectivity index (χ1) is 15.0. The number of rotatable bonds is 2. The number of allylic oxidation sites excluding steroid dienone is 2. The number of benzene rings is 1. The van der Waals surface area contributed by atoms with Gasteiger partial charge in [0, 0.05) is 35.5 Å². The summed E-state index contributed by atoms with van der Waals surface area (Å²) in [5.41, 5.74) is 4.70. The van der Waals surface area contributed by atoms with Crippen LogP contribution in [0.25, 0.3) is 0 Å². The van der Waals surface area contributed by atoms with Crippen molar-refractivity contribution in [2.75, 3.05) is 19.5 Å². The average Bonchev–Trinajstić information content (AvgIpc) is 3.37. The van der Waals surface area contributed by atoms with Crippen molar-refractivity contribution in [3.63, 3.8) is 0 Å². The summed E-state index contributed by atoms with van der Waals surface area (Å²) in [6.45, 7) is 3.78. The molecular weight excluding hydrogens is 404 g/mol. The van der Waals surface area contributed by atoms with E-state index < -0.39 is 0 Å². The summed E-state index contributed by atoms with van der Waals surface area (Å²) in [4.78, 5) is 14.4. The van der Waals surface area contributed by atoms with Gasteiger partial charge in [-0.2, -0.15) is 0 Å². The van der Waals surface area contributed by atoms with Gasteiger partial charge in [-0.05, 0) is 73.8 Å². The van der Waals surface area contributed by atoms with Gasteiger partial charge in [0.2, 0.25) is 0 Å². The van der Waals surface area contributed by atoms with E-state index in [4.69, 9.17) is 9.47 Å². The molecule has 4 heteroatoms. The largest absolute Gasteiger partial charge is 0.348 e. The zero-order valence-electron chi connectivity index (χ0n) is 18.8. The molecule has 5 atom stereocenters. The fourth-order valence-electron chi connectivity index (χ4n) is 7.90. The maximum atomic E-state index is 13.1. The second-order valence-corrected chi connectivity index (χ2v) is 11.6. The molecule has 1 spiro atoms. The number of ketones is 1. The SMILES string of the molecule is CSc1ccc(C2CC3(C)C(=O)CCC3C3CCC4CC5(CCC4=C23)OCCO5)cc1. The molecule has 5 aliphatic rings. The van der Waals surface area contributed by atoms with Gasteiger partial charge in [0.05, 0.1) is 13.2 Å². The highest BCUT2D eigenvalue weighted by atomic mass is 32.2. The summed E-state index contributed by atoms with van der Waals surface area (Å²) in [5, 5.41) is 0. The number of hydrogen-bond acceptors (Lipinski definition) is 4. The number of carbonyl (C=O) groups is 1. The van der Waals surface area contributed by atoms with Crippen LogP contribution in [0.3, 0.4) is 0 Å². The average molecular weight is 439 g/mol. The van der Waals surface area contributed by atoms with Crippen molar-refractivity contribution in [1.82, 2.24) is 0 Å². The third-order valence-corrected chi connectivity index (χ3v) is 10.1. The lowest BCUT2D eigenvalue weighted by atomic mass is 9.52. The lowest BCUT2D eigenvalue weighted by Gasteiger charge is -2.52. The molecule has 31 heavy (non-hydrogen) atoms. The van der Waals surface area contributed by atoms with Crippen molar-refractivity contribution in [2.45, 2.75) is 74.9 Å². The molecule has 1 aromatic rings. The van der Waals surface area contributed by atoms with E-state index in [1.165, 1.54) is 23.3 Å². The Bertz CT molecular complexity index is 913. The van der Waals surface area contributed by atoms with Gasteiger partial charge in [-0.15, -0.1) is 11.8 Å². The molecule has 0 amide bonds. The van der Waals surface area contributed by atoms with Crippen LogP contribution in [0, 0.1) is 23.2 Å². The number of hydrogen-bond donors (Lipinski definition) is 0. The highest BCUT2D eigenvalue weighted by molar-refractivity contribution is 7.98. The van der Waals surface area contributed by atoms with Crippen LogP contribution >= 0.6 is 11.8 Å². The summed E-state index contributed by atoms with van der Waals surface area (Å²) >= 11 is 1.80. The van der Waals surface area contributed by atoms with Crippen LogP contribution in [0.1, 0.15) is 69.8 Å². The Kier molecular flexibility index (Phi) is 4.94. The second kappa shape index (κ2) is 7.46. The Morgan fingerprint density at radius 3 is 2.52 bits per heavy atom. The topological polar surface area (TPSA) is 35.5 Å². The fraction of sp³-hybridized carbons (Fsp3) is 0.667. The molecule has 6 rings (SSSR count). The molecule has 1 saturated heterocycles. The van der Waals surface area contributed by atoms with Crippen molar-refractivity contribution >= 4 is 17.5 Å². The predicted molar refractivity (Wildman–Crippen MR) is 123 cm³/mol. The van der Waals surface area contributed by atoms with Gasteiger partial charge in [-0.25, -0.2) is 0 Å². The lowest BCUT2D eigenvalue weighted by Crippen LogP contribution is -2.46. The third-order valence-electron chi connectivity index (χ3n) is 9.38. The Labute approximate surface area is 190 Å². The monoisotopic (exact) mass is 438 g/mol. The summed E-state index contributed by atoms with van der Waals surface area (Å²) < 4.78 is 12.2. The third kappa shape index (κ3) is 3.12. The van der Waals surface area contributed by atoms with Crippen LogP contribution in [-0.4, -0.2) is 31.0 Å². The first kappa shape index (κ1) is 20.5. The minimum absolute atomic E-state index is 0.141. The predicted octanol–water partition coefficient (Wildman–Crippen LogP) is 6.13. The molecular formula is C27H34O3S. The van der Waals surface area contributed by atoms with Gasteiger partial charge in [-0.3, -0.25) is 4.79 Å². The van der Waals surface area contributed by atoms with Crippen LogP contribution in [0.2, 0.25) is 0 Å². The van der Waals surface area contributed by atoms with Gasteiger partial charge in [0.1, 0.15) is 5.78 Å². The van der Waals surface area contributed by atoms with Crippen LogP contribution in [0.5, 0.6) is 0 Å². The number of carbonyl (C=O) groups excluding carboxylic acids is 1. The maximum absolute atomic E-state index is 13.1. The Balaban J connectivity index is 1.43. The second-order valence-electron chi connectivity index (χ2n) is 10.7. The van der Waals surface area contributed by atoms with Crippen molar-refractivity contribution in [3.05, 3.63) is 41.0 Å². The molecule has 4 aliphatic carbocycles. The van der Waals surface area contributed by atoms with Gasteiger partial charge in [-0.1, -0.05) is 30.2 Å². The summed E-state index contributed by atoms with van der Waals surface area (Å²) in [6, 6.07) is 9.20. The van der Waals surface area contributed by atoms with Crippen LogP contribution in [0.15, 0.2) is 40.3 Å². The fourth-order valence-corrected chi connectivity index (χ4v) is 8.30. The number of Topliss-reactive ketones (excluding diaryl/α,β-unsaturated/α-hetero) is 1. The zero-order chi connectivity index (χ0) is 21.2. The van der Waals surface area contributed by atoms with E-state index in [1.807, 2.05) is 0 Å². The molecule has 3 nitrogen and oxygen atoms in total. The minimum Gasteiger partial charge on any atom is -0.348 e. The standard InChI is InChI=1S/C27H34O3S/c1-26-16-22(17-3-6-19(31-2)7-4-17)25-20-11-12-27(29-13-14-30-27)15-18(20)5-8-21(25)23(26)9-10-24(26)28/h3-4,6-7,18,21-23H,5,8-16H2,1-2H3.